The van der Waals surface area contributed by atoms with E-state index >= 15 is 0 Å². The number of anilines is 1. The van der Waals surface area contributed by atoms with E-state index in [0.29, 0.717) is 23.1 Å². The summed E-state index contributed by atoms with van der Waals surface area (Å²) >= 11 is 12.1. The van der Waals surface area contributed by atoms with Gasteiger partial charge in [0, 0.05) is 37.9 Å². The third kappa shape index (κ3) is 4.27. The minimum atomic E-state index is -0.0404. The molecule has 130 valence electrons. The summed E-state index contributed by atoms with van der Waals surface area (Å²) in [4.78, 5) is 16.4. The highest BCUT2D eigenvalue weighted by atomic mass is 35.5. The number of benzene rings is 2. The Labute approximate surface area is 156 Å². The number of carbonyl (C=O) groups excluding carboxylic acids is 1. The topological polar surface area (TPSA) is 43.8 Å². The largest absolute Gasteiger partial charge is 0.508 e. The van der Waals surface area contributed by atoms with Crippen molar-refractivity contribution in [3.05, 3.63) is 64.1 Å². The fourth-order valence-electron chi connectivity index (χ4n) is 2.76. The number of amides is 1. The first-order valence-corrected chi connectivity index (χ1v) is 8.75. The van der Waals surface area contributed by atoms with Crippen molar-refractivity contribution < 1.29 is 9.90 Å². The van der Waals surface area contributed by atoms with Gasteiger partial charge in [-0.1, -0.05) is 35.3 Å². The molecule has 1 heterocycles. The standard InChI is InChI=1S/C19H18Cl2N2O2/c20-17-3-1-2-14(19(17)21)4-9-18(25)23-12-10-22(11-13-23)15-5-7-16(24)8-6-15/h1-9,24H,10-13H2/b9-4+. The molecule has 1 N–H and O–H groups in total. The number of carbonyl (C=O) groups is 1. The van der Waals surface area contributed by atoms with Crippen LogP contribution in [0.2, 0.25) is 10.0 Å². The molecular weight excluding hydrogens is 359 g/mol. The van der Waals surface area contributed by atoms with Crippen molar-refractivity contribution in [1.29, 1.82) is 0 Å². The molecule has 25 heavy (non-hydrogen) atoms. The van der Waals surface area contributed by atoms with Crippen LogP contribution in [0.5, 0.6) is 5.75 Å². The molecule has 0 aromatic heterocycles. The van der Waals surface area contributed by atoms with E-state index < -0.39 is 0 Å². The predicted octanol–water partition coefficient (Wildman–Crippen LogP) is 4.06. The zero-order valence-corrected chi connectivity index (χ0v) is 15.0. The van der Waals surface area contributed by atoms with Crippen molar-refractivity contribution in [3.8, 4) is 5.75 Å². The monoisotopic (exact) mass is 376 g/mol. The highest BCUT2D eigenvalue weighted by Gasteiger charge is 2.19. The van der Waals surface area contributed by atoms with Gasteiger partial charge < -0.3 is 14.9 Å². The lowest BCUT2D eigenvalue weighted by Crippen LogP contribution is -2.48. The van der Waals surface area contributed by atoms with Gasteiger partial charge in [0.25, 0.3) is 0 Å². The maximum atomic E-state index is 12.4. The number of rotatable bonds is 3. The first kappa shape index (κ1) is 17.6. The summed E-state index contributed by atoms with van der Waals surface area (Å²) in [6, 6.07) is 12.4. The van der Waals surface area contributed by atoms with Crippen molar-refractivity contribution >= 4 is 40.9 Å². The van der Waals surface area contributed by atoms with E-state index in [9.17, 15) is 9.90 Å². The van der Waals surface area contributed by atoms with Gasteiger partial charge in [-0.05, 0) is 42.0 Å². The number of halogens is 2. The maximum absolute atomic E-state index is 12.4. The normalized spacial score (nSPS) is 15.0. The number of hydrogen-bond donors (Lipinski definition) is 1. The third-order valence-electron chi connectivity index (χ3n) is 4.19. The van der Waals surface area contributed by atoms with Crippen LogP contribution < -0.4 is 4.90 Å². The van der Waals surface area contributed by atoms with E-state index in [4.69, 9.17) is 23.2 Å². The second kappa shape index (κ2) is 7.81. The molecular formula is C19H18Cl2N2O2. The lowest BCUT2D eigenvalue weighted by atomic mass is 10.2. The Morgan fingerprint density at radius 3 is 2.36 bits per heavy atom. The molecule has 0 aliphatic carbocycles. The van der Waals surface area contributed by atoms with Crippen LogP contribution in [0.15, 0.2) is 48.5 Å². The van der Waals surface area contributed by atoms with Gasteiger partial charge in [-0.25, -0.2) is 0 Å². The molecule has 6 heteroatoms. The summed E-state index contributed by atoms with van der Waals surface area (Å²) in [5.41, 5.74) is 1.77. The summed E-state index contributed by atoms with van der Waals surface area (Å²) in [7, 11) is 0. The van der Waals surface area contributed by atoms with Crippen LogP contribution in [0.3, 0.4) is 0 Å². The molecule has 0 bridgehead atoms. The average molecular weight is 377 g/mol. The number of phenols is 1. The fraction of sp³-hybridized carbons (Fsp3) is 0.211. The van der Waals surface area contributed by atoms with E-state index in [1.165, 1.54) is 6.08 Å². The summed E-state index contributed by atoms with van der Waals surface area (Å²) in [6.45, 7) is 2.80. The van der Waals surface area contributed by atoms with Crippen molar-refractivity contribution in [1.82, 2.24) is 4.90 Å². The number of piperazine rings is 1. The molecule has 1 fully saturated rings. The smallest absolute Gasteiger partial charge is 0.246 e. The Balaban J connectivity index is 1.59. The lowest BCUT2D eigenvalue weighted by molar-refractivity contribution is -0.126. The highest BCUT2D eigenvalue weighted by Crippen LogP contribution is 2.26. The fourth-order valence-corrected chi connectivity index (χ4v) is 3.13. The molecule has 4 nitrogen and oxygen atoms in total. The minimum Gasteiger partial charge on any atom is -0.508 e. The summed E-state index contributed by atoms with van der Waals surface area (Å²) in [6.07, 6.45) is 3.23. The first-order chi connectivity index (χ1) is 12.0. The van der Waals surface area contributed by atoms with Crippen molar-refractivity contribution in [2.24, 2.45) is 0 Å². The molecule has 1 amide bonds. The Morgan fingerprint density at radius 2 is 1.68 bits per heavy atom. The zero-order chi connectivity index (χ0) is 17.8. The van der Waals surface area contributed by atoms with Crippen LogP contribution in [0, 0.1) is 0 Å². The number of aromatic hydroxyl groups is 1. The zero-order valence-electron chi connectivity index (χ0n) is 13.5. The predicted molar refractivity (Wildman–Crippen MR) is 102 cm³/mol. The first-order valence-electron chi connectivity index (χ1n) is 7.99. The molecule has 3 rings (SSSR count). The molecule has 0 unspecified atom stereocenters. The molecule has 1 saturated heterocycles. The van der Waals surface area contributed by atoms with Gasteiger partial charge in [-0.2, -0.15) is 0 Å². The summed E-state index contributed by atoms with van der Waals surface area (Å²) in [5.74, 6) is 0.212. The second-order valence-corrected chi connectivity index (χ2v) is 6.59. The van der Waals surface area contributed by atoms with E-state index in [1.54, 1.807) is 30.3 Å². The number of phenolic OH excluding ortho intramolecular Hbond substituents is 1. The minimum absolute atomic E-state index is 0.0404. The molecule has 2 aromatic carbocycles. The van der Waals surface area contributed by atoms with Gasteiger partial charge >= 0.3 is 0 Å². The Morgan fingerprint density at radius 1 is 1.00 bits per heavy atom. The third-order valence-corrected chi connectivity index (χ3v) is 5.03. The SMILES string of the molecule is O=C(/C=C/c1cccc(Cl)c1Cl)N1CCN(c2ccc(O)cc2)CC1. The van der Waals surface area contributed by atoms with E-state index in [2.05, 4.69) is 4.90 Å². The molecule has 1 aliphatic heterocycles. The quantitative estimate of drug-likeness (QED) is 0.821. The summed E-state index contributed by atoms with van der Waals surface area (Å²) in [5, 5.41) is 10.3. The van der Waals surface area contributed by atoms with Crippen LogP contribution >= 0.6 is 23.2 Å². The van der Waals surface area contributed by atoms with E-state index in [-0.39, 0.29) is 11.7 Å². The average Bonchev–Trinajstić information content (AvgIpc) is 2.63. The van der Waals surface area contributed by atoms with Crippen molar-refractivity contribution in [3.63, 3.8) is 0 Å². The molecule has 0 spiro atoms. The Bertz CT molecular complexity index is 783. The van der Waals surface area contributed by atoms with Gasteiger partial charge in [-0.3, -0.25) is 4.79 Å². The maximum Gasteiger partial charge on any atom is 0.246 e. The van der Waals surface area contributed by atoms with Crippen LogP contribution in [0.25, 0.3) is 6.08 Å². The lowest BCUT2D eigenvalue weighted by Gasteiger charge is -2.35. The van der Waals surface area contributed by atoms with Gasteiger partial charge in [-0.15, -0.1) is 0 Å². The molecule has 1 aliphatic rings. The van der Waals surface area contributed by atoms with Gasteiger partial charge in [0.05, 0.1) is 10.0 Å². The van der Waals surface area contributed by atoms with Crippen LogP contribution in [0.4, 0.5) is 5.69 Å². The molecule has 0 saturated carbocycles. The van der Waals surface area contributed by atoms with Gasteiger partial charge in [0.2, 0.25) is 5.91 Å². The Hall–Kier alpha value is -2.17. The summed E-state index contributed by atoms with van der Waals surface area (Å²) < 4.78 is 0. The van der Waals surface area contributed by atoms with E-state index in [1.807, 2.05) is 23.1 Å². The van der Waals surface area contributed by atoms with Crippen molar-refractivity contribution in [2.75, 3.05) is 31.1 Å². The second-order valence-electron chi connectivity index (χ2n) is 5.81. The molecule has 0 atom stereocenters. The van der Waals surface area contributed by atoms with Crippen LogP contribution in [-0.2, 0) is 4.79 Å². The van der Waals surface area contributed by atoms with Crippen LogP contribution in [-0.4, -0.2) is 42.1 Å². The van der Waals surface area contributed by atoms with Gasteiger partial charge in [0.15, 0.2) is 0 Å². The van der Waals surface area contributed by atoms with E-state index in [0.717, 1.165) is 24.3 Å². The molecule has 2 aromatic rings. The Kier molecular flexibility index (Phi) is 5.51. The van der Waals surface area contributed by atoms with Crippen LogP contribution in [0.1, 0.15) is 5.56 Å². The highest BCUT2D eigenvalue weighted by molar-refractivity contribution is 6.42. The van der Waals surface area contributed by atoms with Gasteiger partial charge in [0.1, 0.15) is 5.75 Å². The number of nitrogens with zero attached hydrogens (tertiary/aromatic N) is 2. The van der Waals surface area contributed by atoms with Crippen molar-refractivity contribution in [2.45, 2.75) is 0 Å². The number of hydrogen-bond acceptors (Lipinski definition) is 3. The molecule has 0 radical (unpaired) electrons.